The monoisotopic (exact) mass is 389 g/mol. The topological polar surface area (TPSA) is 55.1 Å². The summed E-state index contributed by atoms with van der Waals surface area (Å²) < 4.78 is 1.86. The number of hydrogen-bond acceptors (Lipinski definition) is 5. The lowest BCUT2D eigenvalue weighted by atomic mass is 9.80. The van der Waals surface area contributed by atoms with Crippen LogP contribution in [0.2, 0.25) is 0 Å². The number of benzene rings is 1. The van der Waals surface area contributed by atoms with Gasteiger partial charge in [0.05, 0.1) is 10.6 Å². The summed E-state index contributed by atoms with van der Waals surface area (Å²) in [5.74, 6) is 1.88. The molecule has 28 heavy (non-hydrogen) atoms. The first-order valence-corrected chi connectivity index (χ1v) is 10.5. The number of hydrogen-bond donors (Lipinski definition) is 1. The number of aryl methyl sites for hydroxylation is 1. The molecule has 1 aliphatic rings. The van der Waals surface area contributed by atoms with Crippen LogP contribution in [0.25, 0.3) is 27.7 Å². The molecule has 1 aliphatic heterocycles. The summed E-state index contributed by atoms with van der Waals surface area (Å²) in [6, 6.07) is 10.7. The fourth-order valence-corrected chi connectivity index (χ4v) is 4.97. The van der Waals surface area contributed by atoms with E-state index in [1.165, 1.54) is 16.8 Å². The van der Waals surface area contributed by atoms with Gasteiger partial charge in [0.25, 0.3) is 5.78 Å². The Morgan fingerprint density at radius 1 is 1.25 bits per heavy atom. The molecular weight excluding hydrogens is 366 g/mol. The van der Waals surface area contributed by atoms with Crippen molar-refractivity contribution in [2.75, 3.05) is 5.32 Å². The van der Waals surface area contributed by atoms with Crippen molar-refractivity contribution in [2.45, 2.75) is 45.6 Å². The van der Waals surface area contributed by atoms with Gasteiger partial charge in [0.1, 0.15) is 0 Å². The Balaban J connectivity index is 1.68. The molecule has 3 aromatic heterocycles. The van der Waals surface area contributed by atoms with E-state index in [4.69, 9.17) is 5.10 Å². The minimum atomic E-state index is 0.0894. The zero-order chi connectivity index (χ0) is 19.5. The van der Waals surface area contributed by atoms with Gasteiger partial charge < -0.3 is 5.32 Å². The predicted octanol–water partition coefficient (Wildman–Crippen LogP) is 5.53. The standard InChI is InChI=1S/C22H23N5S/c1-13-10-15-14(2)12-22(3,4)25-17(15)11-16(13)18-7-8-23-21-24-20(26-27(18)21)19-6-5-9-28-19/h5-11,14,25H,12H2,1-4H3/t14-/m1/s1. The van der Waals surface area contributed by atoms with E-state index in [9.17, 15) is 0 Å². The Morgan fingerprint density at radius 3 is 2.89 bits per heavy atom. The van der Waals surface area contributed by atoms with Gasteiger partial charge in [-0.2, -0.15) is 9.50 Å². The number of nitrogens with one attached hydrogen (secondary N) is 1. The third kappa shape index (κ3) is 2.79. The Hall–Kier alpha value is -2.73. The average Bonchev–Trinajstić information content (AvgIpc) is 3.30. The van der Waals surface area contributed by atoms with Crippen LogP contribution in [-0.4, -0.2) is 25.1 Å². The number of rotatable bonds is 2. The van der Waals surface area contributed by atoms with Crippen LogP contribution in [0.5, 0.6) is 0 Å². The maximum absolute atomic E-state index is 4.76. The van der Waals surface area contributed by atoms with Gasteiger partial charge in [-0.25, -0.2) is 4.98 Å². The molecule has 0 radical (unpaired) electrons. The summed E-state index contributed by atoms with van der Waals surface area (Å²) in [6.45, 7) is 9.02. The van der Waals surface area contributed by atoms with E-state index in [1.807, 2.05) is 34.3 Å². The lowest BCUT2D eigenvalue weighted by Crippen LogP contribution is -2.36. The van der Waals surface area contributed by atoms with Gasteiger partial charge >= 0.3 is 0 Å². The number of anilines is 1. The molecule has 0 saturated carbocycles. The molecule has 5 rings (SSSR count). The van der Waals surface area contributed by atoms with Crippen LogP contribution in [0.4, 0.5) is 5.69 Å². The molecule has 6 heteroatoms. The SMILES string of the molecule is Cc1cc2c(cc1-c1ccnc3nc(-c4cccs4)nn13)NC(C)(C)C[C@H]2C. The van der Waals surface area contributed by atoms with Gasteiger partial charge in [0.2, 0.25) is 0 Å². The van der Waals surface area contributed by atoms with Crippen molar-refractivity contribution in [3.63, 3.8) is 0 Å². The molecule has 0 unspecified atom stereocenters. The molecular formula is C22H23N5S. The fraction of sp³-hybridized carbons (Fsp3) is 0.318. The smallest absolute Gasteiger partial charge is 0.253 e. The van der Waals surface area contributed by atoms with Crippen molar-refractivity contribution in [3.05, 3.63) is 53.0 Å². The zero-order valence-electron chi connectivity index (χ0n) is 16.5. The maximum Gasteiger partial charge on any atom is 0.253 e. The van der Waals surface area contributed by atoms with Gasteiger partial charge in [0.15, 0.2) is 5.82 Å². The minimum absolute atomic E-state index is 0.0894. The van der Waals surface area contributed by atoms with Crippen molar-refractivity contribution < 1.29 is 0 Å². The van der Waals surface area contributed by atoms with E-state index in [0.29, 0.717) is 11.7 Å². The summed E-state index contributed by atoms with van der Waals surface area (Å²) in [6.07, 6.45) is 2.95. The van der Waals surface area contributed by atoms with E-state index < -0.39 is 0 Å². The largest absolute Gasteiger partial charge is 0.380 e. The fourth-order valence-electron chi connectivity index (χ4n) is 4.32. The lowest BCUT2D eigenvalue weighted by molar-refractivity contribution is 0.454. The molecule has 1 aromatic carbocycles. The summed E-state index contributed by atoms with van der Waals surface area (Å²) in [4.78, 5) is 10.1. The van der Waals surface area contributed by atoms with Crippen LogP contribution >= 0.6 is 11.3 Å². The van der Waals surface area contributed by atoms with Crippen LogP contribution < -0.4 is 5.32 Å². The van der Waals surface area contributed by atoms with Crippen molar-refractivity contribution in [1.82, 2.24) is 19.6 Å². The first kappa shape index (κ1) is 17.4. The van der Waals surface area contributed by atoms with E-state index in [2.05, 4.69) is 55.1 Å². The maximum atomic E-state index is 4.76. The average molecular weight is 390 g/mol. The van der Waals surface area contributed by atoms with Crippen molar-refractivity contribution >= 4 is 22.8 Å². The van der Waals surface area contributed by atoms with Crippen LogP contribution in [0.3, 0.4) is 0 Å². The van der Waals surface area contributed by atoms with Crippen molar-refractivity contribution in [1.29, 1.82) is 0 Å². The third-order valence-corrected chi connectivity index (χ3v) is 6.34. The lowest BCUT2D eigenvalue weighted by Gasteiger charge is -2.38. The Morgan fingerprint density at radius 2 is 2.11 bits per heavy atom. The molecule has 1 N–H and O–H groups in total. The second-order valence-electron chi connectivity index (χ2n) is 8.32. The molecule has 0 amide bonds. The summed E-state index contributed by atoms with van der Waals surface area (Å²) in [7, 11) is 0. The highest BCUT2D eigenvalue weighted by Gasteiger charge is 2.30. The molecule has 0 bridgehead atoms. The van der Waals surface area contributed by atoms with Crippen LogP contribution in [0.1, 0.15) is 44.2 Å². The molecule has 142 valence electrons. The summed E-state index contributed by atoms with van der Waals surface area (Å²) >= 11 is 1.64. The first-order chi connectivity index (χ1) is 13.4. The zero-order valence-corrected chi connectivity index (χ0v) is 17.3. The third-order valence-electron chi connectivity index (χ3n) is 5.48. The van der Waals surface area contributed by atoms with Gasteiger partial charge in [-0.05, 0) is 67.8 Å². The highest BCUT2D eigenvalue weighted by molar-refractivity contribution is 7.13. The van der Waals surface area contributed by atoms with Crippen LogP contribution in [-0.2, 0) is 0 Å². The van der Waals surface area contributed by atoms with Crippen molar-refractivity contribution in [2.24, 2.45) is 0 Å². The molecule has 1 atom stereocenters. The molecule has 0 aliphatic carbocycles. The van der Waals surface area contributed by atoms with Crippen LogP contribution in [0.15, 0.2) is 41.9 Å². The normalized spacial score (nSPS) is 18.1. The number of aromatic nitrogens is 4. The highest BCUT2D eigenvalue weighted by atomic mass is 32.1. The minimum Gasteiger partial charge on any atom is -0.380 e. The Bertz CT molecular complexity index is 1170. The summed E-state index contributed by atoms with van der Waals surface area (Å²) in [5.41, 5.74) is 6.11. The van der Waals surface area contributed by atoms with Crippen LogP contribution in [0, 0.1) is 6.92 Å². The van der Waals surface area contributed by atoms with Gasteiger partial charge in [-0.1, -0.05) is 19.1 Å². The van der Waals surface area contributed by atoms with E-state index >= 15 is 0 Å². The predicted molar refractivity (Wildman–Crippen MR) is 115 cm³/mol. The second-order valence-corrected chi connectivity index (χ2v) is 9.27. The number of fused-ring (bicyclic) bond motifs is 2. The quantitative estimate of drug-likeness (QED) is 0.490. The molecule has 5 nitrogen and oxygen atoms in total. The molecule has 0 saturated heterocycles. The van der Waals surface area contributed by atoms with E-state index in [-0.39, 0.29) is 5.54 Å². The second kappa shape index (κ2) is 6.14. The van der Waals surface area contributed by atoms with Gasteiger partial charge in [0, 0.05) is 23.0 Å². The molecule has 0 spiro atoms. The molecule has 4 heterocycles. The molecule has 4 aromatic rings. The summed E-state index contributed by atoms with van der Waals surface area (Å²) in [5, 5.41) is 10.5. The molecule has 0 fully saturated rings. The highest BCUT2D eigenvalue weighted by Crippen LogP contribution is 2.41. The van der Waals surface area contributed by atoms with E-state index in [0.717, 1.165) is 28.4 Å². The first-order valence-electron chi connectivity index (χ1n) is 9.60. The van der Waals surface area contributed by atoms with E-state index in [1.54, 1.807) is 11.3 Å². The van der Waals surface area contributed by atoms with Gasteiger partial charge in [-0.3, -0.25) is 0 Å². The van der Waals surface area contributed by atoms with Crippen molar-refractivity contribution in [3.8, 4) is 22.0 Å². The van der Waals surface area contributed by atoms with Gasteiger partial charge in [-0.15, -0.1) is 16.4 Å². The number of thiophene rings is 1. The number of nitrogens with zero attached hydrogens (tertiary/aromatic N) is 4. The Kier molecular flexibility index (Phi) is 3.81. The Labute approximate surface area is 168 Å².